The van der Waals surface area contributed by atoms with Gasteiger partial charge in [0.1, 0.15) is 0 Å². The smallest absolute Gasteiger partial charge is 0.0589 e. The Morgan fingerprint density at radius 3 is 3.20 bits per heavy atom. The van der Waals surface area contributed by atoms with Crippen molar-refractivity contribution in [2.24, 2.45) is 0 Å². The highest BCUT2D eigenvalue weighted by molar-refractivity contribution is 8.00. The minimum absolute atomic E-state index is 0.648. The molecule has 0 aliphatic carbocycles. The molecule has 1 heterocycles. The average molecular weight is 223 g/mol. The molecule has 0 saturated carbocycles. The summed E-state index contributed by atoms with van der Waals surface area (Å²) in [5.74, 6) is 0. The fourth-order valence-corrected chi connectivity index (χ4v) is 2.87. The molecule has 1 fully saturated rings. The number of thioether (sulfide) groups is 1. The van der Waals surface area contributed by atoms with Crippen molar-refractivity contribution >= 4 is 11.8 Å². The first kappa shape index (κ1) is 11.0. The Hall–Kier alpha value is -0.510. The van der Waals surface area contributed by atoms with Crippen LogP contribution >= 0.6 is 11.8 Å². The minimum atomic E-state index is 0.648. The molecule has 1 aliphatic heterocycles. The van der Waals surface area contributed by atoms with Crippen LogP contribution in [0.3, 0.4) is 0 Å². The van der Waals surface area contributed by atoms with Crippen molar-refractivity contribution in [1.29, 1.82) is 0 Å². The summed E-state index contributed by atoms with van der Waals surface area (Å²) < 4.78 is 5.37. The second-order valence-corrected chi connectivity index (χ2v) is 5.15. The van der Waals surface area contributed by atoms with Gasteiger partial charge < -0.3 is 10.1 Å². The van der Waals surface area contributed by atoms with Gasteiger partial charge in [-0.05, 0) is 31.2 Å². The Morgan fingerprint density at radius 2 is 2.47 bits per heavy atom. The highest BCUT2D eigenvalue weighted by Gasteiger charge is 2.16. The van der Waals surface area contributed by atoms with Crippen molar-refractivity contribution in [3.05, 3.63) is 29.8 Å². The van der Waals surface area contributed by atoms with E-state index in [2.05, 4.69) is 29.6 Å². The topological polar surface area (TPSA) is 21.3 Å². The summed E-state index contributed by atoms with van der Waals surface area (Å²) >= 11 is 1.94. The maximum Gasteiger partial charge on any atom is 0.0589 e. The molecule has 1 N–H and O–H groups in total. The number of ether oxygens (including phenoxy) is 1. The van der Waals surface area contributed by atoms with Gasteiger partial charge in [-0.3, -0.25) is 0 Å². The molecule has 1 aliphatic rings. The summed E-state index contributed by atoms with van der Waals surface area (Å²) in [6.07, 6.45) is 1.18. The van der Waals surface area contributed by atoms with Gasteiger partial charge >= 0.3 is 0 Å². The molecule has 0 bridgehead atoms. The van der Waals surface area contributed by atoms with Gasteiger partial charge in [-0.25, -0.2) is 0 Å². The van der Waals surface area contributed by atoms with E-state index in [4.69, 9.17) is 4.74 Å². The Bertz CT molecular complexity index is 310. The molecule has 0 spiro atoms. The zero-order valence-electron chi connectivity index (χ0n) is 9.03. The van der Waals surface area contributed by atoms with E-state index in [-0.39, 0.29) is 0 Å². The predicted octanol–water partition coefficient (Wildman–Crippen LogP) is 2.29. The van der Waals surface area contributed by atoms with Crippen LogP contribution in [0.1, 0.15) is 12.0 Å². The van der Waals surface area contributed by atoms with Crippen molar-refractivity contribution in [3.63, 3.8) is 0 Å². The zero-order valence-corrected chi connectivity index (χ0v) is 9.85. The molecule has 1 unspecified atom stereocenters. The van der Waals surface area contributed by atoms with Crippen molar-refractivity contribution in [3.8, 4) is 0 Å². The molecule has 1 aromatic carbocycles. The van der Waals surface area contributed by atoms with Gasteiger partial charge in [0.05, 0.1) is 6.61 Å². The van der Waals surface area contributed by atoms with Crippen LogP contribution in [0.5, 0.6) is 0 Å². The van der Waals surface area contributed by atoms with Crippen molar-refractivity contribution in [2.45, 2.75) is 23.1 Å². The fourth-order valence-electron chi connectivity index (χ4n) is 1.73. The molecule has 3 heteroatoms. The third-order valence-corrected chi connectivity index (χ3v) is 3.70. The van der Waals surface area contributed by atoms with Crippen LogP contribution in [0.25, 0.3) is 0 Å². The van der Waals surface area contributed by atoms with Crippen LogP contribution in [0.15, 0.2) is 29.2 Å². The van der Waals surface area contributed by atoms with Gasteiger partial charge in [-0.15, -0.1) is 11.8 Å². The number of hydrogen-bond donors (Lipinski definition) is 1. The number of nitrogens with one attached hydrogen (secondary N) is 1. The van der Waals surface area contributed by atoms with E-state index in [1.807, 2.05) is 18.8 Å². The van der Waals surface area contributed by atoms with Gasteiger partial charge in [-0.2, -0.15) is 0 Å². The Kier molecular flexibility index (Phi) is 4.06. The highest BCUT2D eigenvalue weighted by Crippen LogP contribution is 2.28. The summed E-state index contributed by atoms with van der Waals surface area (Å²) in [5, 5.41) is 3.82. The second kappa shape index (κ2) is 5.54. The molecule has 15 heavy (non-hydrogen) atoms. The molecule has 0 amide bonds. The van der Waals surface area contributed by atoms with E-state index in [1.165, 1.54) is 16.9 Å². The van der Waals surface area contributed by atoms with Gasteiger partial charge in [0, 0.05) is 23.3 Å². The van der Waals surface area contributed by atoms with Crippen LogP contribution in [0.4, 0.5) is 0 Å². The van der Waals surface area contributed by atoms with Gasteiger partial charge in [0.2, 0.25) is 0 Å². The highest BCUT2D eigenvalue weighted by atomic mass is 32.2. The van der Waals surface area contributed by atoms with Crippen LogP contribution in [0.2, 0.25) is 0 Å². The predicted molar refractivity (Wildman–Crippen MR) is 64.3 cm³/mol. The first-order valence-corrected chi connectivity index (χ1v) is 6.24. The lowest BCUT2D eigenvalue weighted by atomic mass is 10.2. The van der Waals surface area contributed by atoms with Crippen LogP contribution in [0, 0.1) is 0 Å². The molecule has 0 radical (unpaired) electrons. The van der Waals surface area contributed by atoms with Crippen molar-refractivity contribution in [1.82, 2.24) is 5.32 Å². The van der Waals surface area contributed by atoms with Crippen LogP contribution in [-0.2, 0) is 11.3 Å². The number of rotatable bonds is 4. The van der Waals surface area contributed by atoms with Gasteiger partial charge in [0.15, 0.2) is 0 Å². The first-order valence-electron chi connectivity index (χ1n) is 5.36. The summed E-state index contributed by atoms with van der Waals surface area (Å²) in [6.45, 7) is 2.77. The largest absolute Gasteiger partial charge is 0.380 e. The molecule has 82 valence electrons. The third-order valence-electron chi connectivity index (χ3n) is 2.47. The Labute approximate surface area is 95.4 Å². The fraction of sp³-hybridized carbons (Fsp3) is 0.500. The van der Waals surface area contributed by atoms with Crippen LogP contribution in [-0.4, -0.2) is 25.5 Å². The summed E-state index contributed by atoms with van der Waals surface area (Å²) in [7, 11) is 1.98. The minimum Gasteiger partial charge on any atom is -0.380 e. The molecular weight excluding hydrogens is 206 g/mol. The quantitative estimate of drug-likeness (QED) is 0.846. The van der Waals surface area contributed by atoms with Crippen molar-refractivity contribution < 1.29 is 4.74 Å². The third kappa shape index (κ3) is 3.23. The number of benzene rings is 1. The van der Waals surface area contributed by atoms with E-state index < -0.39 is 0 Å². The maximum absolute atomic E-state index is 5.37. The van der Waals surface area contributed by atoms with Crippen LogP contribution < -0.4 is 5.32 Å². The lowest BCUT2D eigenvalue weighted by Gasteiger charge is -2.08. The lowest BCUT2D eigenvalue weighted by Crippen LogP contribution is -2.05. The molecule has 2 nitrogen and oxygen atoms in total. The second-order valence-electron chi connectivity index (χ2n) is 3.78. The lowest BCUT2D eigenvalue weighted by molar-refractivity contribution is 0.199. The molecule has 1 atom stereocenters. The van der Waals surface area contributed by atoms with E-state index in [9.17, 15) is 0 Å². The Morgan fingerprint density at radius 1 is 1.53 bits per heavy atom. The summed E-state index contributed by atoms with van der Waals surface area (Å²) in [4.78, 5) is 1.36. The Balaban J connectivity index is 1.97. The zero-order chi connectivity index (χ0) is 10.5. The van der Waals surface area contributed by atoms with Crippen molar-refractivity contribution in [2.75, 3.05) is 20.3 Å². The van der Waals surface area contributed by atoms with E-state index in [0.717, 1.165) is 19.8 Å². The molecular formula is C12H17NOS. The average Bonchev–Trinajstić information content (AvgIpc) is 2.71. The summed E-state index contributed by atoms with van der Waals surface area (Å²) in [6, 6.07) is 8.73. The molecule has 1 aromatic rings. The maximum atomic E-state index is 5.37. The molecule has 2 rings (SSSR count). The number of hydrogen-bond acceptors (Lipinski definition) is 3. The monoisotopic (exact) mass is 223 g/mol. The molecule has 1 saturated heterocycles. The van der Waals surface area contributed by atoms with E-state index in [1.54, 1.807) is 0 Å². The van der Waals surface area contributed by atoms with Gasteiger partial charge in [0.25, 0.3) is 0 Å². The van der Waals surface area contributed by atoms with E-state index in [0.29, 0.717) is 5.25 Å². The van der Waals surface area contributed by atoms with E-state index >= 15 is 0 Å². The standard InChI is InChI=1S/C12H17NOS/c1-13-8-10-3-2-4-11(7-10)15-12-5-6-14-9-12/h2-4,7,12-13H,5-6,8-9H2,1H3. The summed E-state index contributed by atoms with van der Waals surface area (Å²) in [5.41, 5.74) is 1.35. The SMILES string of the molecule is CNCc1cccc(SC2CCOC2)c1. The molecule has 0 aromatic heterocycles. The first-order chi connectivity index (χ1) is 7.38. The van der Waals surface area contributed by atoms with Gasteiger partial charge in [-0.1, -0.05) is 12.1 Å². The normalized spacial score (nSPS) is 20.7.